The minimum Gasteiger partial charge on any atom is -0.432 e. The van der Waals surface area contributed by atoms with Crippen molar-refractivity contribution in [2.45, 2.75) is 31.6 Å². The SMILES string of the molecule is c1cnc2oc3c(N4CCOCC4)nc(Nc4cc(C5CCCC5)n[nH]4)nc3c2c1. The Labute approximate surface area is 172 Å². The number of aromatic nitrogens is 5. The number of H-pyrrole nitrogens is 1. The maximum absolute atomic E-state index is 6.05. The number of furan rings is 1. The number of hydrogen-bond donors (Lipinski definition) is 2. The Morgan fingerprint density at radius 3 is 2.87 bits per heavy atom. The molecule has 154 valence electrons. The van der Waals surface area contributed by atoms with Crippen molar-refractivity contribution in [3.05, 3.63) is 30.1 Å². The molecular formula is C21H23N7O2. The van der Waals surface area contributed by atoms with Gasteiger partial charge in [-0.05, 0) is 25.0 Å². The number of hydrogen-bond acceptors (Lipinski definition) is 8. The van der Waals surface area contributed by atoms with E-state index in [9.17, 15) is 0 Å². The number of nitrogens with zero attached hydrogens (tertiary/aromatic N) is 5. The molecule has 4 aromatic rings. The van der Waals surface area contributed by atoms with Crippen LogP contribution >= 0.6 is 0 Å². The molecule has 0 radical (unpaired) electrons. The molecule has 2 N–H and O–H groups in total. The lowest BCUT2D eigenvalue weighted by Crippen LogP contribution is -2.37. The number of rotatable bonds is 4. The van der Waals surface area contributed by atoms with E-state index in [4.69, 9.17) is 19.1 Å². The average Bonchev–Trinajstić information content (AvgIpc) is 3.54. The highest BCUT2D eigenvalue weighted by Crippen LogP contribution is 2.35. The third-order valence-corrected chi connectivity index (χ3v) is 6.00. The monoisotopic (exact) mass is 405 g/mol. The van der Waals surface area contributed by atoms with Gasteiger partial charge in [0, 0.05) is 31.3 Å². The fraction of sp³-hybridized carbons (Fsp3) is 0.429. The molecule has 1 aliphatic carbocycles. The third kappa shape index (κ3) is 3.06. The van der Waals surface area contributed by atoms with Crippen LogP contribution in [0.1, 0.15) is 37.3 Å². The minimum absolute atomic E-state index is 0.511. The van der Waals surface area contributed by atoms with Gasteiger partial charge in [-0.1, -0.05) is 12.8 Å². The summed E-state index contributed by atoms with van der Waals surface area (Å²) in [5.74, 6) is 2.62. The van der Waals surface area contributed by atoms with Crippen LogP contribution in [0, 0.1) is 0 Å². The highest BCUT2D eigenvalue weighted by molar-refractivity contribution is 6.05. The number of aromatic amines is 1. The topological polar surface area (TPSA) is 105 Å². The Balaban J connectivity index is 1.41. The fourth-order valence-electron chi connectivity index (χ4n) is 4.46. The molecule has 9 nitrogen and oxygen atoms in total. The molecule has 6 rings (SSSR count). The van der Waals surface area contributed by atoms with Crippen LogP contribution in [0.15, 0.2) is 28.8 Å². The van der Waals surface area contributed by atoms with Gasteiger partial charge in [0.2, 0.25) is 11.7 Å². The van der Waals surface area contributed by atoms with Gasteiger partial charge in [0.1, 0.15) is 11.3 Å². The first-order chi connectivity index (χ1) is 14.8. The number of pyridine rings is 1. The summed E-state index contributed by atoms with van der Waals surface area (Å²) in [7, 11) is 0. The minimum atomic E-state index is 0.511. The molecule has 4 aromatic heterocycles. The van der Waals surface area contributed by atoms with Crippen molar-refractivity contribution in [1.29, 1.82) is 0 Å². The molecule has 0 spiro atoms. The summed E-state index contributed by atoms with van der Waals surface area (Å²) in [4.78, 5) is 16.1. The van der Waals surface area contributed by atoms with E-state index in [-0.39, 0.29) is 0 Å². The molecule has 2 aliphatic rings. The van der Waals surface area contributed by atoms with Gasteiger partial charge in [-0.15, -0.1) is 0 Å². The van der Waals surface area contributed by atoms with Crippen molar-refractivity contribution in [1.82, 2.24) is 25.1 Å². The molecule has 30 heavy (non-hydrogen) atoms. The molecular weight excluding hydrogens is 382 g/mol. The normalized spacial score (nSPS) is 17.9. The second-order valence-corrected chi connectivity index (χ2v) is 7.92. The molecule has 0 aromatic carbocycles. The first kappa shape index (κ1) is 17.6. The number of ether oxygens (including phenoxy) is 1. The molecule has 0 bridgehead atoms. The first-order valence-electron chi connectivity index (χ1n) is 10.6. The van der Waals surface area contributed by atoms with Crippen LogP contribution in [0.5, 0.6) is 0 Å². The largest absolute Gasteiger partial charge is 0.432 e. The summed E-state index contributed by atoms with van der Waals surface area (Å²) in [5, 5.41) is 11.8. The van der Waals surface area contributed by atoms with E-state index in [1.54, 1.807) is 6.20 Å². The Hall–Kier alpha value is -3.20. The Bertz CT molecular complexity index is 1190. The zero-order valence-corrected chi connectivity index (χ0v) is 16.6. The van der Waals surface area contributed by atoms with E-state index in [0.29, 0.717) is 36.4 Å². The summed E-state index contributed by atoms with van der Waals surface area (Å²) >= 11 is 0. The number of nitrogens with one attached hydrogen (secondary N) is 2. The van der Waals surface area contributed by atoms with E-state index in [1.807, 2.05) is 12.1 Å². The molecule has 1 saturated carbocycles. The lowest BCUT2D eigenvalue weighted by atomic mass is 10.0. The second-order valence-electron chi connectivity index (χ2n) is 7.92. The van der Waals surface area contributed by atoms with Crippen LogP contribution in [0.25, 0.3) is 22.2 Å². The van der Waals surface area contributed by atoms with Gasteiger partial charge >= 0.3 is 0 Å². The molecule has 2 fully saturated rings. The predicted molar refractivity (Wildman–Crippen MR) is 113 cm³/mol. The average molecular weight is 405 g/mol. The first-order valence-corrected chi connectivity index (χ1v) is 10.6. The van der Waals surface area contributed by atoms with Crippen LogP contribution in [0.4, 0.5) is 17.6 Å². The van der Waals surface area contributed by atoms with E-state index < -0.39 is 0 Å². The molecule has 1 saturated heterocycles. The van der Waals surface area contributed by atoms with Gasteiger partial charge in [0.15, 0.2) is 11.4 Å². The highest BCUT2D eigenvalue weighted by Gasteiger charge is 2.23. The summed E-state index contributed by atoms with van der Waals surface area (Å²) in [6.45, 7) is 2.84. The molecule has 5 heterocycles. The molecule has 9 heteroatoms. The van der Waals surface area contributed by atoms with Gasteiger partial charge in [0.05, 0.1) is 24.3 Å². The van der Waals surface area contributed by atoms with E-state index in [0.717, 1.165) is 41.3 Å². The maximum atomic E-state index is 6.05. The molecule has 0 atom stereocenters. The fourth-order valence-corrected chi connectivity index (χ4v) is 4.46. The van der Waals surface area contributed by atoms with Gasteiger partial charge in [-0.3, -0.25) is 5.10 Å². The summed E-state index contributed by atoms with van der Waals surface area (Å²) < 4.78 is 11.6. The van der Waals surface area contributed by atoms with Crippen molar-refractivity contribution in [2.24, 2.45) is 0 Å². The molecule has 0 unspecified atom stereocenters. The molecule has 1 aliphatic heterocycles. The van der Waals surface area contributed by atoms with Crippen LogP contribution in [-0.2, 0) is 4.74 Å². The number of anilines is 3. The van der Waals surface area contributed by atoms with Gasteiger partial charge in [0.25, 0.3) is 0 Å². The Kier molecular flexibility index (Phi) is 4.26. The van der Waals surface area contributed by atoms with E-state index in [2.05, 4.69) is 31.5 Å². The van der Waals surface area contributed by atoms with Gasteiger partial charge < -0.3 is 19.4 Å². The zero-order valence-electron chi connectivity index (χ0n) is 16.6. The Morgan fingerprint density at radius 1 is 1.13 bits per heavy atom. The third-order valence-electron chi connectivity index (χ3n) is 6.00. The Morgan fingerprint density at radius 2 is 2.00 bits per heavy atom. The number of morpholine rings is 1. The van der Waals surface area contributed by atoms with Crippen molar-refractivity contribution >= 4 is 39.8 Å². The zero-order chi connectivity index (χ0) is 19.9. The van der Waals surface area contributed by atoms with Crippen LogP contribution in [-0.4, -0.2) is 51.5 Å². The van der Waals surface area contributed by atoms with Crippen molar-refractivity contribution in [2.75, 3.05) is 36.5 Å². The predicted octanol–water partition coefficient (Wildman–Crippen LogP) is 3.73. The van der Waals surface area contributed by atoms with Crippen LogP contribution < -0.4 is 10.2 Å². The van der Waals surface area contributed by atoms with E-state index >= 15 is 0 Å². The van der Waals surface area contributed by atoms with Crippen molar-refractivity contribution < 1.29 is 9.15 Å². The van der Waals surface area contributed by atoms with Gasteiger partial charge in [-0.25, -0.2) is 9.97 Å². The van der Waals surface area contributed by atoms with E-state index in [1.165, 1.54) is 25.7 Å². The maximum Gasteiger partial charge on any atom is 0.231 e. The summed E-state index contributed by atoms with van der Waals surface area (Å²) in [6.07, 6.45) is 6.71. The summed E-state index contributed by atoms with van der Waals surface area (Å²) in [5.41, 5.74) is 3.10. The summed E-state index contributed by atoms with van der Waals surface area (Å²) in [6, 6.07) is 5.94. The lowest BCUT2D eigenvalue weighted by molar-refractivity contribution is 0.122. The lowest BCUT2D eigenvalue weighted by Gasteiger charge is -2.27. The number of fused-ring (bicyclic) bond motifs is 3. The quantitative estimate of drug-likeness (QED) is 0.529. The van der Waals surface area contributed by atoms with Gasteiger partial charge in [-0.2, -0.15) is 10.1 Å². The highest BCUT2D eigenvalue weighted by atomic mass is 16.5. The van der Waals surface area contributed by atoms with Crippen LogP contribution in [0.3, 0.4) is 0 Å². The van der Waals surface area contributed by atoms with Crippen LogP contribution in [0.2, 0.25) is 0 Å². The van der Waals surface area contributed by atoms with Crippen molar-refractivity contribution in [3.8, 4) is 0 Å². The standard InChI is InChI=1S/C21H23N7O2/c1-2-5-13(4-1)15-12-16(27-26-15)23-21-24-17-14-6-3-7-22-20(14)30-18(17)19(25-21)28-8-10-29-11-9-28/h3,6-7,12-13H,1-2,4-5,8-11H2,(H2,23,24,25,26,27). The molecule has 0 amide bonds. The van der Waals surface area contributed by atoms with Crippen molar-refractivity contribution in [3.63, 3.8) is 0 Å². The smallest absolute Gasteiger partial charge is 0.231 e. The second kappa shape index (κ2) is 7.24.